The Kier molecular flexibility index (Phi) is 11.5. The third-order valence-corrected chi connectivity index (χ3v) is 6.97. The first-order valence-corrected chi connectivity index (χ1v) is 13.9. The van der Waals surface area contributed by atoms with Crippen LogP contribution in [-0.4, -0.2) is 53.9 Å². The average Bonchev–Trinajstić information content (AvgIpc) is 2.97. The molecular formula is C31H32ClF3N4O5. The number of rotatable bonds is 12. The summed E-state index contributed by atoms with van der Waals surface area (Å²) in [5, 5.41) is 7.76. The summed E-state index contributed by atoms with van der Waals surface area (Å²) < 4.78 is 45.2. The molecule has 3 rings (SSSR count). The summed E-state index contributed by atoms with van der Waals surface area (Å²) >= 11 is 6.13. The van der Waals surface area contributed by atoms with Crippen LogP contribution in [0.25, 0.3) is 0 Å². The minimum absolute atomic E-state index is 0.0505. The van der Waals surface area contributed by atoms with Crippen molar-refractivity contribution in [3.63, 3.8) is 0 Å². The van der Waals surface area contributed by atoms with Gasteiger partial charge in [0.15, 0.2) is 0 Å². The van der Waals surface area contributed by atoms with E-state index in [1.54, 1.807) is 43.3 Å². The van der Waals surface area contributed by atoms with Gasteiger partial charge in [-0.25, -0.2) is 0 Å². The average molecular weight is 633 g/mol. The zero-order chi connectivity index (χ0) is 32.6. The monoisotopic (exact) mass is 632 g/mol. The van der Waals surface area contributed by atoms with Gasteiger partial charge in [0.1, 0.15) is 17.8 Å². The van der Waals surface area contributed by atoms with Crippen molar-refractivity contribution in [2.75, 3.05) is 7.11 Å². The highest BCUT2D eigenvalue weighted by molar-refractivity contribution is 6.30. The van der Waals surface area contributed by atoms with Crippen LogP contribution in [0.5, 0.6) is 5.75 Å². The van der Waals surface area contributed by atoms with Crippen molar-refractivity contribution in [2.24, 2.45) is 5.92 Å². The Bertz CT molecular complexity index is 1520. The van der Waals surface area contributed by atoms with Crippen molar-refractivity contribution >= 4 is 35.1 Å². The number of halogens is 4. The first-order valence-electron chi connectivity index (χ1n) is 13.5. The topological polar surface area (TPSA) is 126 Å². The predicted octanol–water partition coefficient (Wildman–Crippen LogP) is 4.52. The third kappa shape index (κ3) is 9.03. The quantitative estimate of drug-likeness (QED) is 0.270. The second-order valence-corrected chi connectivity index (χ2v) is 10.8. The fraction of sp³-hybridized carbons (Fsp3) is 0.323. The van der Waals surface area contributed by atoms with Gasteiger partial charge < -0.3 is 20.7 Å². The molecule has 2 aromatic carbocycles. The largest absolute Gasteiger partial charge is 0.497 e. The van der Waals surface area contributed by atoms with Gasteiger partial charge in [-0.05, 0) is 59.9 Å². The molecule has 3 aromatic rings. The number of ketones is 1. The predicted molar refractivity (Wildman–Crippen MR) is 157 cm³/mol. The molecule has 234 valence electrons. The summed E-state index contributed by atoms with van der Waals surface area (Å²) in [5.41, 5.74) is 1.55. The molecule has 3 N–H and O–H groups in total. The van der Waals surface area contributed by atoms with Crippen molar-refractivity contribution in [3.8, 4) is 5.75 Å². The SMILES string of the molecule is COc1cccc([C@H](NC(=O)[C@H](Cc2cccc(Cl)c2)NC(=O)c2cnccc2C)C(=O)N[C@H](C(=O)C(F)(F)F)C(C)C)c1. The van der Waals surface area contributed by atoms with Crippen molar-refractivity contribution < 1.29 is 37.1 Å². The first-order chi connectivity index (χ1) is 20.7. The third-order valence-electron chi connectivity index (χ3n) is 6.74. The van der Waals surface area contributed by atoms with Gasteiger partial charge in [-0.1, -0.05) is 49.7 Å². The molecule has 9 nitrogen and oxygen atoms in total. The van der Waals surface area contributed by atoms with E-state index in [0.717, 1.165) is 0 Å². The summed E-state index contributed by atoms with van der Waals surface area (Å²) in [7, 11) is 1.38. The summed E-state index contributed by atoms with van der Waals surface area (Å²) in [4.78, 5) is 56.6. The van der Waals surface area contributed by atoms with Gasteiger partial charge >= 0.3 is 6.18 Å². The number of nitrogens with one attached hydrogen (secondary N) is 3. The minimum Gasteiger partial charge on any atom is -0.497 e. The molecule has 0 aliphatic heterocycles. The normalized spacial score (nSPS) is 13.4. The van der Waals surface area contributed by atoms with Crippen LogP contribution in [0.2, 0.25) is 5.02 Å². The molecule has 0 unspecified atom stereocenters. The van der Waals surface area contributed by atoms with Gasteiger partial charge in [0, 0.05) is 23.8 Å². The zero-order valence-corrected chi connectivity index (χ0v) is 25.1. The van der Waals surface area contributed by atoms with Crippen molar-refractivity contribution in [1.29, 1.82) is 0 Å². The lowest BCUT2D eigenvalue weighted by atomic mass is 9.97. The van der Waals surface area contributed by atoms with Crippen LogP contribution in [0.3, 0.4) is 0 Å². The molecule has 0 radical (unpaired) electrons. The number of carbonyl (C=O) groups excluding carboxylic acids is 4. The molecule has 3 amide bonds. The lowest BCUT2D eigenvalue weighted by Gasteiger charge is -2.27. The van der Waals surface area contributed by atoms with Gasteiger partial charge in [-0.3, -0.25) is 24.2 Å². The molecule has 0 aliphatic rings. The lowest BCUT2D eigenvalue weighted by molar-refractivity contribution is -0.175. The van der Waals surface area contributed by atoms with Gasteiger partial charge in [-0.15, -0.1) is 0 Å². The van der Waals surface area contributed by atoms with Crippen LogP contribution < -0.4 is 20.7 Å². The molecule has 0 bridgehead atoms. The number of hydrogen-bond acceptors (Lipinski definition) is 6. The lowest BCUT2D eigenvalue weighted by Crippen LogP contribution is -2.55. The van der Waals surface area contributed by atoms with Crippen molar-refractivity contribution in [1.82, 2.24) is 20.9 Å². The Labute approximate surface area is 257 Å². The van der Waals surface area contributed by atoms with E-state index in [0.29, 0.717) is 21.9 Å². The Morgan fingerprint density at radius 3 is 2.27 bits per heavy atom. The van der Waals surface area contributed by atoms with E-state index in [-0.39, 0.29) is 17.5 Å². The fourth-order valence-electron chi connectivity index (χ4n) is 4.36. The maximum Gasteiger partial charge on any atom is 0.452 e. The van der Waals surface area contributed by atoms with Crippen LogP contribution >= 0.6 is 11.6 Å². The fourth-order valence-corrected chi connectivity index (χ4v) is 4.57. The molecule has 0 fully saturated rings. The molecule has 1 heterocycles. The van der Waals surface area contributed by atoms with Gasteiger partial charge in [0.25, 0.3) is 11.7 Å². The van der Waals surface area contributed by atoms with Crippen LogP contribution in [0.1, 0.15) is 46.9 Å². The standard InChI is InChI=1S/C31H32ClF3N4O5/c1-17(2)25(27(40)31(33,34)35)38-30(43)26(20-8-6-10-22(15-20)44-4)39-29(42)24(14-19-7-5-9-21(32)13-19)37-28(41)23-16-36-12-11-18(23)3/h5-13,15-17,24-26H,14H2,1-4H3,(H,37,41)(H,38,43)(H,39,42)/t24-,25-,26-/m0/s1. The van der Waals surface area contributed by atoms with Crippen molar-refractivity contribution in [3.05, 3.63) is 94.3 Å². The van der Waals surface area contributed by atoms with Gasteiger partial charge in [0.2, 0.25) is 11.8 Å². The number of amides is 3. The Hall–Kier alpha value is -4.45. The number of Topliss-reactive ketones (excluding diaryl/α,β-unsaturated/α-hetero) is 1. The number of nitrogens with zero attached hydrogens (tertiary/aromatic N) is 1. The smallest absolute Gasteiger partial charge is 0.452 e. The van der Waals surface area contributed by atoms with Crippen molar-refractivity contribution in [2.45, 2.75) is 51.5 Å². The zero-order valence-electron chi connectivity index (χ0n) is 24.4. The van der Waals surface area contributed by atoms with Crippen LogP contribution in [0.15, 0.2) is 67.0 Å². The Balaban J connectivity index is 1.99. The maximum absolute atomic E-state index is 13.8. The van der Waals surface area contributed by atoms with E-state index < -0.39 is 53.7 Å². The molecule has 3 atom stereocenters. The number of benzene rings is 2. The highest BCUT2D eigenvalue weighted by atomic mass is 35.5. The molecule has 0 saturated heterocycles. The van der Waals surface area contributed by atoms with Crippen LogP contribution in [0.4, 0.5) is 13.2 Å². The molecule has 1 aromatic heterocycles. The van der Waals surface area contributed by atoms with Crippen LogP contribution in [-0.2, 0) is 20.8 Å². The summed E-state index contributed by atoms with van der Waals surface area (Å²) in [6.45, 7) is 4.40. The summed E-state index contributed by atoms with van der Waals surface area (Å²) in [6.07, 6.45) is -2.40. The highest BCUT2D eigenvalue weighted by Crippen LogP contribution is 2.24. The number of aryl methyl sites for hydroxylation is 1. The van der Waals surface area contributed by atoms with Gasteiger partial charge in [0.05, 0.1) is 18.7 Å². The number of aromatic nitrogens is 1. The summed E-state index contributed by atoms with van der Waals surface area (Å²) in [6, 6.07) is 9.45. The first kappa shape index (κ1) is 34.0. The molecule has 0 spiro atoms. The van der Waals surface area contributed by atoms with E-state index >= 15 is 0 Å². The van der Waals surface area contributed by atoms with Gasteiger partial charge in [-0.2, -0.15) is 13.2 Å². The number of hydrogen-bond donors (Lipinski definition) is 3. The maximum atomic E-state index is 13.8. The van der Waals surface area contributed by atoms with E-state index in [1.807, 2.05) is 0 Å². The molecule has 44 heavy (non-hydrogen) atoms. The number of alkyl halides is 3. The number of pyridine rings is 1. The van der Waals surface area contributed by atoms with Crippen LogP contribution in [0, 0.1) is 12.8 Å². The number of ether oxygens (including phenoxy) is 1. The molecule has 0 aliphatic carbocycles. The molecular weight excluding hydrogens is 601 g/mol. The van der Waals surface area contributed by atoms with E-state index in [2.05, 4.69) is 20.9 Å². The second kappa shape index (κ2) is 14.8. The minimum atomic E-state index is -5.20. The van der Waals surface area contributed by atoms with E-state index in [9.17, 15) is 32.3 Å². The number of methoxy groups -OCH3 is 1. The highest BCUT2D eigenvalue weighted by Gasteiger charge is 2.45. The number of carbonyl (C=O) groups is 4. The van der Waals surface area contributed by atoms with E-state index in [1.165, 1.54) is 51.6 Å². The Morgan fingerprint density at radius 2 is 1.66 bits per heavy atom. The second-order valence-electron chi connectivity index (χ2n) is 10.4. The Morgan fingerprint density at radius 1 is 0.955 bits per heavy atom. The van der Waals surface area contributed by atoms with E-state index in [4.69, 9.17) is 16.3 Å². The summed E-state index contributed by atoms with van der Waals surface area (Å²) in [5.74, 6) is -5.26. The molecule has 0 saturated carbocycles. The molecule has 13 heteroatoms.